The predicted molar refractivity (Wildman–Crippen MR) is 83.9 cm³/mol. The van der Waals surface area contributed by atoms with E-state index < -0.39 is 0 Å². The highest BCUT2D eigenvalue weighted by Gasteiger charge is 2.11. The third-order valence-corrected chi connectivity index (χ3v) is 3.80. The fraction of sp³-hybridized carbons (Fsp3) is 0.188. The molecule has 0 saturated carbocycles. The van der Waals surface area contributed by atoms with Crippen molar-refractivity contribution in [3.8, 4) is 11.8 Å². The molecule has 20 heavy (non-hydrogen) atoms. The summed E-state index contributed by atoms with van der Waals surface area (Å²) < 4.78 is 6.39. The number of nitrogens with zero attached hydrogens (tertiary/aromatic N) is 1. The molecule has 2 rings (SSSR count). The van der Waals surface area contributed by atoms with Crippen LogP contribution in [0.4, 0.5) is 5.69 Å². The van der Waals surface area contributed by atoms with E-state index in [0.29, 0.717) is 11.3 Å². The van der Waals surface area contributed by atoms with Gasteiger partial charge in [-0.05, 0) is 30.7 Å². The van der Waals surface area contributed by atoms with E-state index >= 15 is 0 Å². The van der Waals surface area contributed by atoms with Gasteiger partial charge >= 0.3 is 0 Å². The Morgan fingerprint density at radius 2 is 2.00 bits per heavy atom. The van der Waals surface area contributed by atoms with Crippen molar-refractivity contribution in [1.29, 1.82) is 5.26 Å². The van der Waals surface area contributed by atoms with Gasteiger partial charge in [0.2, 0.25) is 0 Å². The molecule has 0 radical (unpaired) electrons. The van der Waals surface area contributed by atoms with Crippen molar-refractivity contribution in [3.05, 3.63) is 58.1 Å². The molecular formula is C16H15BrN2O. The summed E-state index contributed by atoms with van der Waals surface area (Å²) in [5.41, 5.74) is 2.62. The van der Waals surface area contributed by atoms with Gasteiger partial charge in [0.05, 0.1) is 24.4 Å². The Morgan fingerprint density at radius 1 is 1.25 bits per heavy atom. The van der Waals surface area contributed by atoms with Crippen LogP contribution in [-0.2, 0) is 0 Å². The summed E-state index contributed by atoms with van der Waals surface area (Å²) in [5.74, 6) is 0.669. The van der Waals surface area contributed by atoms with Crippen LogP contribution in [0.5, 0.6) is 5.75 Å². The Morgan fingerprint density at radius 3 is 2.65 bits per heavy atom. The molecule has 0 saturated heterocycles. The summed E-state index contributed by atoms with van der Waals surface area (Å²) >= 11 is 3.55. The van der Waals surface area contributed by atoms with Crippen molar-refractivity contribution in [2.24, 2.45) is 0 Å². The van der Waals surface area contributed by atoms with Crippen LogP contribution in [0.1, 0.15) is 24.1 Å². The van der Waals surface area contributed by atoms with Gasteiger partial charge in [0.25, 0.3) is 0 Å². The van der Waals surface area contributed by atoms with Crippen molar-refractivity contribution in [2.45, 2.75) is 13.0 Å². The summed E-state index contributed by atoms with van der Waals surface area (Å²) in [4.78, 5) is 0. The van der Waals surface area contributed by atoms with E-state index in [9.17, 15) is 0 Å². The third kappa shape index (κ3) is 3.12. The number of rotatable bonds is 4. The smallest absolute Gasteiger partial charge is 0.143 e. The van der Waals surface area contributed by atoms with E-state index in [1.807, 2.05) is 24.3 Å². The van der Waals surface area contributed by atoms with Gasteiger partial charge < -0.3 is 10.1 Å². The van der Waals surface area contributed by atoms with Crippen LogP contribution in [0.25, 0.3) is 0 Å². The topological polar surface area (TPSA) is 45.0 Å². The van der Waals surface area contributed by atoms with Crippen molar-refractivity contribution in [1.82, 2.24) is 0 Å². The maximum absolute atomic E-state index is 8.91. The Kier molecular flexibility index (Phi) is 4.65. The normalized spacial score (nSPS) is 11.5. The lowest BCUT2D eigenvalue weighted by atomic mass is 10.1. The number of hydrogen-bond donors (Lipinski definition) is 1. The summed E-state index contributed by atoms with van der Waals surface area (Å²) in [6.07, 6.45) is 0. The Labute approximate surface area is 127 Å². The fourth-order valence-corrected chi connectivity index (χ4v) is 2.65. The Bertz CT molecular complexity index is 649. The largest absolute Gasteiger partial charge is 0.495 e. The number of hydrogen-bond acceptors (Lipinski definition) is 3. The molecule has 0 aromatic heterocycles. The van der Waals surface area contributed by atoms with Crippen LogP contribution >= 0.6 is 15.9 Å². The summed E-state index contributed by atoms with van der Waals surface area (Å²) in [6, 6.07) is 15.7. The lowest BCUT2D eigenvalue weighted by Crippen LogP contribution is -2.08. The first-order valence-corrected chi connectivity index (χ1v) is 7.04. The predicted octanol–water partition coefficient (Wildman–Crippen LogP) is 4.50. The molecule has 1 atom stereocenters. The molecule has 4 heteroatoms. The molecule has 0 aliphatic rings. The maximum atomic E-state index is 8.91. The van der Waals surface area contributed by atoms with E-state index in [-0.39, 0.29) is 6.04 Å². The van der Waals surface area contributed by atoms with Crippen LogP contribution in [-0.4, -0.2) is 7.11 Å². The SMILES string of the molecule is COc1cc(C#N)ccc1NC(C)c1ccccc1Br. The second-order valence-electron chi connectivity index (χ2n) is 4.41. The highest BCUT2D eigenvalue weighted by Crippen LogP contribution is 2.31. The second kappa shape index (κ2) is 6.44. The summed E-state index contributed by atoms with van der Waals surface area (Å²) in [6.45, 7) is 2.08. The Hall–Kier alpha value is -1.99. The Balaban J connectivity index is 2.26. The minimum Gasteiger partial charge on any atom is -0.495 e. The average Bonchev–Trinajstić information content (AvgIpc) is 2.48. The quantitative estimate of drug-likeness (QED) is 0.897. The van der Waals surface area contributed by atoms with E-state index in [1.54, 1.807) is 19.2 Å². The lowest BCUT2D eigenvalue weighted by Gasteiger charge is -2.19. The molecule has 2 aromatic rings. The van der Waals surface area contributed by atoms with Gasteiger partial charge in [-0.25, -0.2) is 0 Å². The number of anilines is 1. The average molecular weight is 331 g/mol. The summed E-state index contributed by atoms with van der Waals surface area (Å²) in [5, 5.41) is 12.3. The van der Waals surface area contributed by atoms with Gasteiger partial charge in [-0.2, -0.15) is 5.26 Å². The minimum atomic E-state index is 0.118. The zero-order chi connectivity index (χ0) is 14.5. The molecule has 0 fully saturated rings. The van der Waals surface area contributed by atoms with Crippen LogP contribution in [0.15, 0.2) is 46.9 Å². The van der Waals surface area contributed by atoms with E-state index in [2.05, 4.69) is 40.3 Å². The first-order chi connectivity index (χ1) is 9.65. The first kappa shape index (κ1) is 14.4. The van der Waals surface area contributed by atoms with Gasteiger partial charge in [-0.3, -0.25) is 0 Å². The van der Waals surface area contributed by atoms with Gasteiger partial charge in [-0.1, -0.05) is 34.1 Å². The second-order valence-corrected chi connectivity index (χ2v) is 5.27. The van der Waals surface area contributed by atoms with Gasteiger partial charge in [0.1, 0.15) is 5.75 Å². The van der Waals surface area contributed by atoms with Crippen molar-refractivity contribution in [3.63, 3.8) is 0 Å². The molecule has 2 aromatic carbocycles. The standard InChI is InChI=1S/C16H15BrN2O/c1-11(13-5-3-4-6-14(13)17)19-15-8-7-12(10-18)9-16(15)20-2/h3-9,11,19H,1-2H3. The molecule has 0 bridgehead atoms. The molecule has 0 amide bonds. The highest BCUT2D eigenvalue weighted by molar-refractivity contribution is 9.10. The highest BCUT2D eigenvalue weighted by atomic mass is 79.9. The minimum absolute atomic E-state index is 0.118. The van der Waals surface area contributed by atoms with E-state index in [1.165, 1.54) is 5.56 Å². The van der Waals surface area contributed by atoms with E-state index in [0.717, 1.165) is 10.2 Å². The molecule has 1 unspecified atom stereocenters. The third-order valence-electron chi connectivity index (χ3n) is 3.07. The van der Waals surface area contributed by atoms with Crippen molar-refractivity contribution >= 4 is 21.6 Å². The van der Waals surface area contributed by atoms with Crippen molar-refractivity contribution < 1.29 is 4.74 Å². The van der Waals surface area contributed by atoms with E-state index in [4.69, 9.17) is 10.00 Å². The summed E-state index contributed by atoms with van der Waals surface area (Å²) in [7, 11) is 1.60. The number of benzene rings is 2. The van der Waals surface area contributed by atoms with Crippen molar-refractivity contribution in [2.75, 3.05) is 12.4 Å². The number of nitriles is 1. The first-order valence-electron chi connectivity index (χ1n) is 6.25. The number of halogens is 1. The molecule has 0 heterocycles. The molecule has 0 spiro atoms. The zero-order valence-corrected chi connectivity index (χ0v) is 12.9. The van der Waals surface area contributed by atoms with Crippen LogP contribution in [0.2, 0.25) is 0 Å². The molecule has 0 aliphatic heterocycles. The fourth-order valence-electron chi connectivity index (χ4n) is 2.02. The molecule has 3 nitrogen and oxygen atoms in total. The van der Waals surface area contributed by atoms with Crippen LogP contribution in [0, 0.1) is 11.3 Å². The van der Waals surface area contributed by atoms with Crippen LogP contribution < -0.4 is 10.1 Å². The van der Waals surface area contributed by atoms with Gasteiger partial charge in [0, 0.05) is 16.6 Å². The van der Waals surface area contributed by atoms with Gasteiger partial charge in [0.15, 0.2) is 0 Å². The number of methoxy groups -OCH3 is 1. The maximum Gasteiger partial charge on any atom is 0.143 e. The number of nitrogens with one attached hydrogen (secondary N) is 1. The zero-order valence-electron chi connectivity index (χ0n) is 11.4. The molecule has 102 valence electrons. The molecule has 1 N–H and O–H groups in total. The monoisotopic (exact) mass is 330 g/mol. The van der Waals surface area contributed by atoms with Crippen LogP contribution in [0.3, 0.4) is 0 Å². The molecular weight excluding hydrogens is 316 g/mol. The van der Waals surface area contributed by atoms with Gasteiger partial charge in [-0.15, -0.1) is 0 Å². The number of ether oxygens (including phenoxy) is 1. The molecule has 0 aliphatic carbocycles. The lowest BCUT2D eigenvalue weighted by molar-refractivity contribution is 0.416.